The number of alkyl halides is 2. The quantitative estimate of drug-likeness (QED) is 0.716. The van der Waals surface area contributed by atoms with Crippen molar-refractivity contribution in [2.45, 2.75) is 38.3 Å². The molecule has 1 fully saturated rings. The number of nitrogens with two attached hydrogens (primary N) is 1. The maximum Gasteiger partial charge on any atom is 0.345 e. The monoisotopic (exact) mass is 179 g/mol. The molecule has 0 saturated heterocycles. The summed E-state index contributed by atoms with van der Waals surface area (Å²) in [6.07, 6.45) is 3.73. The number of rotatable bonds is 3. The molecule has 0 aromatic carbocycles. The largest absolute Gasteiger partial charge is 0.345 e. The topological polar surface area (TPSA) is 35.2 Å². The van der Waals surface area contributed by atoms with Gasteiger partial charge in [0.05, 0.1) is 6.61 Å². The predicted molar refractivity (Wildman–Crippen MR) is 41.9 cm³/mol. The molecule has 1 aliphatic carbocycles. The molecule has 0 amide bonds. The normalized spacial score (nSPS) is 31.0. The molecule has 0 aliphatic heterocycles. The summed E-state index contributed by atoms with van der Waals surface area (Å²) in [4.78, 5) is 0. The van der Waals surface area contributed by atoms with E-state index in [0.717, 1.165) is 25.7 Å². The second-order valence-electron chi connectivity index (χ2n) is 3.37. The fourth-order valence-corrected chi connectivity index (χ4v) is 1.56. The average molecular weight is 179 g/mol. The molecule has 72 valence electrons. The van der Waals surface area contributed by atoms with Crippen molar-refractivity contribution in [3.8, 4) is 0 Å². The van der Waals surface area contributed by atoms with E-state index in [-0.39, 0.29) is 12.6 Å². The van der Waals surface area contributed by atoms with E-state index >= 15 is 0 Å². The van der Waals surface area contributed by atoms with Crippen LogP contribution in [0.15, 0.2) is 0 Å². The Kier molecular flexibility index (Phi) is 3.88. The second-order valence-corrected chi connectivity index (χ2v) is 3.37. The fraction of sp³-hybridized carbons (Fsp3) is 1.00. The Morgan fingerprint density at radius 3 is 2.33 bits per heavy atom. The Balaban J connectivity index is 2.09. The number of ether oxygens (including phenoxy) is 1. The van der Waals surface area contributed by atoms with Gasteiger partial charge in [-0.15, -0.1) is 0 Å². The zero-order chi connectivity index (χ0) is 8.97. The molecule has 0 atom stereocenters. The van der Waals surface area contributed by atoms with Crippen molar-refractivity contribution in [3.05, 3.63) is 0 Å². The van der Waals surface area contributed by atoms with Crippen LogP contribution in [0.4, 0.5) is 8.78 Å². The van der Waals surface area contributed by atoms with Crippen molar-refractivity contribution in [2.24, 2.45) is 11.7 Å². The molecule has 2 nitrogen and oxygen atoms in total. The van der Waals surface area contributed by atoms with Gasteiger partial charge in [0.1, 0.15) is 0 Å². The summed E-state index contributed by atoms with van der Waals surface area (Å²) in [7, 11) is 0. The molecule has 0 bridgehead atoms. The first-order valence-corrected chi connectivity index (χ1v) is 4.34. The second kappa shape index (κ2) is 4.72. The smallest absolute Gasteiger partial charge is 0.328 e. The van der Waals surface area contributed by atoms with E-state index in [2.05, 4.69) is 4.74 Å². The molecule has 0 aromatic rings. The van der Waals surface area contributed by atoms with Crippen LogP contribution in [0.25, 0.3) is 0 Å². The van der Waals surface area contributed by atoms with E-state index in [1.165, 1.54) is 0 Å². The zero-order valence-electron chi connectivity index (χ0n) is 7.01. The minimum atomic E-state index is -2.62. The lowest BCUT2D eigenvalue weighted by Gasteiger charge is -2.25. The third kappa shape index (κ3) is 3.45. The Bertz CT molecular complexity index is 124. The number of hydrogen-bond acceptors (Lipinski definition) is 2. The van der Waals surface area contributed by atoms with Crippen LogP contribution in [0.5, 0.6) is 0 Å². The minimum Gasteiger partial charge on any atom is -0.328 e. The van der Waals surface area contributed by atoms with Gasteiger partial charge in [-0.2, -0.15) is 8.78 Å². The Hall–Kier alpha value is -0.220. The molecule has 0 aromatic heterocycles. The van der Waals surface area contributed by atoms with Crippen molar-refractivity contribution < 1.29 is 13.5 Å². The highest BCUT2D eigenvalue weighted by molar-refractivity contribution is 4.73. The van der Waals surface area contributed by atoms with Gasteiger partial charge in [0.15, 0.2) is 0 Å². The number of hydrogen-bond donors (Lipinski definition) is 1. The van der Waals surface area contributed by atoms with E-state index in [1.54, 1.807) is 0 Å². The van der Waals surface area contributed by atoms with Gasteiger partial charge in [0.25, 0.3) is 0 Å². The molecule has 2 N–H and O–H groups in total. The summed E-state index contributed by atoms with van der Waals surface area (Å²) in [6.45, 7) is -2.44. The summed E-state index contributed by atoms with van der Waals surface area (Å²) in [5.74, 6) is 0.291. The first-order chi connectivity index (χ1) is 5.68. The molecule has 0 spiro atoms. The lowest BCUT2D eigenvalue weighted by molar-refractivity contribution is -0.140. The van der Waals surface area contributed by atoms with Crippen LogP contribution in [0.1, 0.15) is 25.7 Å². The Labute approximate surface area is 71.1 Å². The molecule has 1 saturated carbocycles. The van der Waals surface area contributed by atoms with Gasteiger partial charge in [0.2, 0.25) is 0 Å². The van der Waals surface area contributed by atoms with E-state index in [1.807, 2.05) is 0 Å². The third-order valence-corrected chi connectivity index (χ3v) is 2.35. The van der Waals surface area contributed by atoms with Crippen LogP contribution in [-0.2, 0) is 4.74 Å². The lowest BCUT2D eigenvalue weighted by atomic mass is 9.87. The van der Waals surface area contributed by atoms with Crippen molar-refractivity contribution >= 4 is 0 Å². The lowest BCUT2D eigenvalue weighted by Crippen LogP contribution is -2.28. The predicted octanol–water partition coefficient (Wildman–Crippen LogP) is 1.74. The highest BCUT2D eigenvalue weighted by Crippen LogP contribution is 2.23. The van der Waals surface area contributed by atoms with Crippen LogP contribution in [0, 0.1) is 5.92 Å². The average Bonchev–Trinajstić information content (AvgIpc) is 2.03. The first kappa shape index (κ1) is 9.86. The van der Waals surface area contributed by atoms with E-state index in [4.69, 9.17) is 5.73 Å². The summed E-state index contributed by atoms with van der Waals surface area (Å²) in [6, 6.07) is 0.271. The molecular formula is C8H15F2NO. The molecule has 0 radical (unpaired) electrons. The summed E-state index contributed by atoms with van der Waals surface area (Å²) >= 11 is 0. The minimum absolute atomic E-state index is 0.185. The molecule has 1 aliphatic rings. The van der Waals surface area contributed by atoms with Crippen LogP contribution >= 0.6 is 0 Å². The van der Waals surface area contributed by atoms with Gasteiger partial charge in [0, 0.05) is 6.04 Å². The van der Waals surface area contributed by atoms with Crippen molar-refractivity contribution in [1.29, 1.82) is 0 Å². The van der Waals surface area contributed by atoms with Gasteiger partial charge in [-0.3, -0.25) is 0 Å². The van der Waals surface area contributed by atoms with Crippen molar-refractivity contribution in [2.75, 3.05) is 6.61 Å². The first-order valence-electron chi connectivity index (χ1n) is 4.34. The molecule has 4 heteroatoms. The van der Waals surface area contributed by atoms with Gasteiger partial charge in [-0.1, -0.05) is 0 Å². The molecular weight excluding hydrogens is 164 g/mol. The third-order valence-electron chi connectivity index (χ3n) is 2.35. The zero-order valence-corrected chi connectivity index (χ0v) is 7.01. The van der Waals surface area contributed by atoms with E-state index in [9.17, 15) is 8.78 Å². The maximum absolute atomic E-state index is 11.6. The van der Waals surface area contributed by atoms with E-state index in [0.29, 0.717) is 5.92 Å². The van der Waals surface area contributed by atoms with E-state index < -0.39 is 6.61 Å². The number of halogens is 2. The van der Waals surface area contributed by atoms with Crippen LogP contribution < -0.4 is 5.73 Å². The van der Waals surface area contributed by atoms with Gasteiger partial charge < -0.3 is 10.5 Å². The highest BCUT2D eigenvalue weighted by atomic mass is 19.3. The fourth-order valence-electron chi connectivity index (χ4n) is 1.56. The van der Waals surface area contributed by atoms with Crippen molar-refractivity contribution in [3.63, 3.8) is 0 Å². The Morgan fingerprint density at radius 1 is 1.25 bits per heavy atom. The Morgan fingerprint density at radius 2 is 1.83 bits per heavy atom. The molecule has 1 rings (SSSR count). The van der Waals surface area contributed by atoms with Crippen LogP contribution in [0.2, 0.25) is 0 Å². The van der Waals surface area contributed by atoms with Crippen LogP contribution in [0.3, 0.4) is 0 Å². The van der Waals surface area contributed by atoms with Crippen LogP contribution in [-0.4, -0.2) is 19.3 Å². The summed E-state index contributed by atoms with van der Waals surface area (Å²) < 4.78 is 27.5. The maximum atomic E-state index is 11.6. The summed E-state index contributed by atoms with van der Waals surface area (Å²) in [5, 5.41) is 0. The SMILES string of the molecule is NC1CCC(COC(F)F)CC1. The molecule has 12 heavy (non-hydrogen) atoms. The van der Waals surface area contributed by atoms with Gasteiger partial charge in [-0.25, -0.2) is 0 Å². The molecule has 0 unspecified atom stereocenters. The van der Waals surface area contributed by atoms with Crippen molar-refractivity contribution in [1.82, 2.24) is 0 Å². The van der Waals surface area contributed by atoms with Gasteiger partial charge in [-0.05, 0) is 31.6 Å². The summed E-state index contributed by atoms with van der Waals surface area (Å²) in [5.41, 5.74) is 5.66. The molecule has 0 heterocycles. The highest BCUT2D eigenvalue weighted by Gasteiger charge is 2.19. The van der Waals surface area contributed by atoms with Gasteiger partial charge >= 0.3 is 6.61 Å². The standard InChI is InChI=1S/C8H15F2NO/c9-8(10)12-5-6-1-3-7(11)4-2-6/h6-8H,1-5,11H2.